The van der Waals surface area contributed by atoms with E-state index < -0.39 is 5.97 Å². The van der Waals surface area contributed by atoms with E-state index in [9.17, 15) is 9.59 Å². The first-order chi connectivity index (χ1) is 7.95. The number of ether oxygens (including phenoxy) is 1. The number of ketones is 1. The summed E-state index contributed by atoms with van der Waals surface area (Å²) >= 11 is 11.6. The van der Waals surface area contributed by atoms with Crippen molar-refractivity contribution in [3.05, 3.63) is 39.4 Å². The zero-order valence-electron chi connectivity index (χ0n) is 9.29. The number of esters is 1. The van der Waals surface area contributed by atoms with Crippen molar-refractivity contribution < 1.29 is 14.3 Å². The van der Waals surface area contributed by atoms with Crippen molar-refractivity contribution in [3.8, 4) is 0 Å². The molecule has 0 saturated carbocycles. The number of benzene rings is 1. The Kier molecular flexibility index (Phi) is 4.73. The second-order valence-corrected chi connectivity index (χ2v) is 4.09. The summed E-state index contributed by atoms with van der Waals surface area (Å²) in [6, 6.07) is 4.81. The van der Waals surface area contributed by atoms with Crippen LogP contribution >= 0.6 is 23.2 Å². The molecule has 0 amide bonds. The maximum atomic E-state index is 11.3. The fourth-order valence-corrected chi connectivity index (χ4v) is 1.49. The molecule has 3 nitrogen and oxygen atoms in total. The molecule has 0 unspecified atom stereocenters. The number of rotatable bonds is 3. The molecule has 0 heterocycles. The van der Waals surface area contributed by atoms with E-state index in [2.05, 4.69) is 4.74 Å². The first kappa shape index (κ1) is 13.7. The highest BCUT2D eigenvalue weighted by molar-refractivity contribution is 6.42. The van der Waals surface area contributed by atoms with E-state index in [4.69, 9.17) is 23.2 Å². The van der Waals surface area contributed by atoms with Gasteiger partial charge < -0.3 is 4.74 Å². The second kappa shape index (κ2) is 5.84. The third-order valence-corrected chi connectivity index (χ3v) is 2.78. The van der Waals surface area contributed by atoms with Gasteiger partial charge in [-0.2, -0.15) is 0 Å². The number of hydrogen-bond donors (Lipinski definition) is 0. The third-order valence-electron chi connectivity index (χ3n) is 2.04. The fourth-order valence-electron chi connectivity index (χ4n) is 1.18. The largest absolute Gasteiger partial charge is 0.465 e. The van der Waals surface area contributed by atoms with Crippen LogP contribution in [0, 0.1) is 0 Å². The van der Waals surface area contributed by atoms with Gasteiger partial charge in [0.05, 0.1) is 17.2 Å². The van der Waals surface area contributed by atoms with Gasteiger partial charge in [-0.05, 0) is 30.7 Å². The molecule has 0 aromatic heterocycles. The second-order valence-electron chi connectivity index (χ2n) is 3.28. The Bertz CT molecular complexity index is 493. The molecule has 0 fully saturated rings. The highest BCUT2D eigenvalue weighted by Crippen LogP contribution is 2.23. The standard InChI is InChI=1S/C12H10Cl2O3/c1-7(15)9(12(16)17-2)5-8-3-4-10(13)11(14)6-8/h3-6H,1-2H3/b9-5+. The summed E-state index contributed by atoms with van der Waals surface area (Å²) in [7, 11) is 1.22. The van der Waals surface area contributed by atoms with Crippen molar-refractivity contribution >= 4 is 41.0 Å². The van der Waals surface area contributed by atoms with Gasteiger partial charge in [-0.1, -0.05) is 29.3 Å². The minimum absolute atomic E-state index is 0.0362. The Labute approximate surface area is 109 Å². The summed E-state index contributed by atoms with van der Waals surface area (Å²) < 4.78 is 4.51. The normalized spacial score (nSPS) is 11.2. The van der Waals surface area contributed by atoms with E-state index in [0.717, 1.165) is 0 Å². The molecule has 1 aromatic carbocycles. The van der Waals surface area contributed by atoms with Gasteiger partial charge in [0.25, 0.3) is 0 Å². The SMILES string of the molecule is COC(=O)/C(=C/c1ccc(Cl)c(Cl)c1)C(C)=O. The summed E-state index contributed by atoms with van der Waals surface area (Å²) in [5.41, 5.74) is 0.570. The predicted octanol–water partition coefficient (Wildman–Crippen LogP) is 3.14. The van der Waals surface area contributed by atoms with Gasteiger partial charge in [-0.25, -0.2) is 4.79 Å². The van der Waals surface area contributed by atoms with Crippen LogP contribution in [0.4, 0.5) is 0 Å². The molecule has 0 atom stereocenters. The predicted molar refractivity (Wildman–Crippen MR) is 67.1 cm³/mol. The molecule has 1 rings (SSSR count). The molecule has 17 heavy (non-hydrogen) atoms. The van der Waals surface area contributed by atoms with Gasteiger partial charge in [0.15, 0.2) is 5.78 Å². The van der Waals surface area contributed by atoms with Crippen LogP contribution in [-0.4, -0.2) is 18.9 Å². The molecule has 0 aliphatic carbocycles. The van der Waals surface area contributed by atoms with Crippen LogP contribution in [0.25, 0.3) is 6.08 Å². The maximum Gasteiger partial charge on any atom is 0.341 e. The Hall–Kier alpha value is -1.32. The zero-order valence-corrected chi connectivity index (χ0v) is 10.8. The molecule has 0 aliphatic heterocycles. The number of carbonyl (C=O) groups is 2. The lowest BCUT2D eigenvalue weighted by Gasteiger charge is -2.02. The van der Waals surface area contributed by atoms with E-state index >= 15 is 0 Å². The van der Waals surface area contributed by atoms with Gasteiger partial charge in [-0.3, -0.25) is 4.79 Å². The number of Topliss-reactive ketones (excluding diaryl/α,β-unsaturated/α-hetero) is 1. The minimum Gasteiger partial charge on any atom is -0.465 e. The van der Waals surface area contributed by atoms with Crippen LogP contribution in [0.1, 0.15) is 12.5 Å². The Morgan fingerprint density at radius 3 is 2.35 bits per heavy atom. The van der Waals surface area contributed by atoms with E-state index in [0.29, 0.717) is 15.6 Å². The van der Waals surface area contributed by atoms with Crippen LogP contribution < -0.4 is 0 Å². The topological polar surface area (TPSA) is 43.4 Å². The molecule has 90 valence electrons. The quantitative estimate of drug-likeness (QED) is 0.368. The summed E-state index contributed by atoms with van der Waals surface area (Å²) in [6.45, 7) is 1.29. The molecule has 1 aromatic rings. The van der Waals surface area contributed by atoms with Crippen molar-refractivity contribution in [1.82, 2.24) is 0 Å². The summed E-state index contributed by atoms with van der Waals surface area (Å²) in [5, 5.41) is 0.763. The molecule has 0 spiro atoms. The van der Waals surface area contributed by atoms with Crippen LogP contribution in [-0.2, 0) is 14.3 Å². The van der Waals surface area contributed by atoms with E-state index in [1.54, 1.807) is 18.2 Å². The monoisotopic (exact) mass is 272 g/mol. The van der Waals surface area contributed by atoms with Crippen LogP contribution in [0.2, 0.25) is 10.0 Å². The van der Waals surface area contributed by atoms with E-state index in [1.165, 1.54) is 20.1 Å². The van der Waals surface area contributed by atoms with Crippen molar-refractivity contribution in [3.63, 3.8) is 0 Å². The molecule has 0 bridgehead atoms. The van der Waals surface area contributed by atoms with Crippen LogP contribution in [0.5, 0.6) is 0 Å². The lowest BCUT2D eigenvalue weighted by Crippen LogP contribution is -2.11. The first-order valence-corrected chi connectivity index (χ1v) is 5.47. The zero-order chi connectivity index (χ0) is 13.0. The smallest absolute Gasteiger partial charge is 0.341 e. The minimum atomic E-state index is -0.677. The molecular weight excluding hydrogens is 263 g/mol. The number of halogens is 2. The van der Waals surface area contributed by atoms with E-state index in [-0.39, 0.29) is 11.4 Å². The molecular formula is C12H10Cl2O3. The summed E-state index contributed by atoms with van der Waals surface area (Å²) in [5.74, 6) is -1.05. The van der Waals surface area contributed by atoms with Crippen molar-refractivity contribution in [1.29, 1.82) is 0 Å². The maximum absolute atomic E-state index is 11.3. The molecule has 0 N–H and O–H groups in total. The number of methoxy groups -OCH3 is 1. The van der Waals surface area contributed by atoms with Crippen LogP contribution in [0.15, 0.2) is 23.8 Å². The Balaban J connectivity index is 3.17. The van der Waals surface area contributed by atoms with E-state index in [1.807, 2.05) is 0 Å². The van der Waals surface area contributed by atoms with Crippen LogP contribution in [0.3, 0.4) is 0 Å². The average molecular weight is 273 g/mol. The van der Waals surface area contributed by atoms with Gasteiger partial charge in [0.1, 0.15) is 5.57 Å². The van der Waals surface area contributed by atoms with Gasteiger partial charge in [0, 0.05) is 0 Å². The number of carbonyl (C=O) groups excluding carboxylic acids is 2. The lowest BCUT2D eigenvalue weighted by molar-refractivity contribution is -0.137. The molecule has 0 radical (unpaired) electrons. The number of hydrogen-bond acceptors (Lipinski definition) is 3. The molecule has 0 aliphatic rings. The Morgan fingerprint density at radius 2 is 1.88 bits per heavy atom. The lowest BCUT2D eigenvalue weighted by atomic mass is 10.1. The summed E-state index contributed by atoms with van der Waals surface area (Å²) in [4.78, 5) is 22.6. The third kappa shape index (κ3) is 3.58. The Morgan fingerprint density at radius 1 is 1.24 bits per heavy atom. The summed E-state index contributed by atoms with van der Waals surface area (Å²) in [6.07, 6.45) is 1.41. The van der Waals surface area contributed by atoms with Gasteiger partial charge in [0.2, 0.25) is 0 Å². The average Bonchev–Trinajstić information content (AvgIpc) is 2.29. The van der Waals surface area contributed by atoms with Gasteiger partial charge >= 0.3 is 5.97 Å². The molecule has 0 saturated heterocycles. The first-order valence-electron chi connectivity index (χ1n) is 4.71. The van der Waals surface area contributed by atoms with Gasteiger partial charge in [-0.15, -0.1) is 0 Å². The van der Waals surface area contributed by atoms with Crippen molar-refractivity contribution in [2.45, 2.75) is 6.92 Å². The highest BCUT2D eigenvalue weighted by atomic mass is 35.5. The van der Waals surface area contributed by atoms with Crippen molar-refractivity contribution in [2.75, 3.05) is 7.11 Å². The highest BCUT2D eigenvalue weighted by Gasteiger charge is 2.14. The van der Waals surface area contributed by atoms with Crippen molar-refractivity contribution in [2.24, 2.45) is 0 Å². The molecule has 5 heteroatoms. The fraction of sp³-hybridized carbons (Fsp3) is 0.167.